The fourth-order valence-corrected chi connectivity index (χ4v) is 4.41. The molecule has 3 rings (SSSR count). The summed E-state index contributed by atoms with van der Waals surface area (Å²) in [5, 5.41) is 0. The van der Waals surface area contributed by atoms with Crippen molar-refractivity contribution in [3.8, 4) is 0 Å². The van der Waals surface area contributed by atoms with Crippen LogP contribution in [0, 0.1) is 0 Å². The highest BCUT2D eigenvalue weighted by molar-refractivity contribution is 5.78. The third-order valence-electron chi connectivity index (χ3n) is 5.41. The van der Waals surface area contributed by atoms with E-state index in [-0.39, 0.29) is 24.7 Å². The molecule has 3 aliphatic rings. The van der Waals surface area contributed by atoms with Crippen LogP contribution in [0.4, 0.5) is 0 Å². The zero-order chi connectivity index (χ0) is 16.2. The molecule has 0 spiro atoms. The molecule has 3 atom stereocenters. The maximum absolute atomic E-state index is 12.5. The number of carbonyl (C=O) groups excluding carboxylic acids is 1. The Bertz CT molecular complexity index is 388. The number of morpholine rings is 1. The Balaban J connectivity index is 1.47. The molecule has 3 fully saturated rings. The lowest BCUT2D eigenvalue weighted by molar-refractivity contribution is -0.139. The molecule has 0 aromatic carbocycles. The van der Waals surface area contributed by atoms with E-state index in [1.807, 2.05) is 0 Å². The van der Waals surface area contributed by atoms with Gasteiger partial charge in [-0.1, -0.05) is 12.8 Å². The van der Waals surface area contributed by atoms with Gasteiger partial charge in [-0.2, -0.15) is 0 Å². The molecule has 23 heavy (non-hydrogen) atoms. The minimum Gasteiger partial charge on any atom is -0.373 e. The highest BCUT2D eigenvalue weighted by Gasteiger charge is 2.32. The molecule has 1 saturated carbocycles. The molecule has 0 radical (unpaired) electrons. The first-order valence-electron chi connectivity index (χ1n) is 9.40. The lowest BCUT2D eigenvalue weighted by Gasteiger charge is -2.38. The first-order chi connectivity index (χ1) is 11.1. The van der Waals surface area contributed by atoms with Crippen molar-refractivity contribution in [3.63, 3.8) is 0 Å². The van der Waals surface area contributed by atoms with E-state index in [1.54, 1.807) is 0 Å². The van der Waals surface area contributed by atoms with E-state index in [2.05, 4.69) is 23.6 Å². The Morgan fingerprint density at radius 3 is 2.48 bits per heavy atom. The fraction of sp³-hybridized carbons (Fsp3) is 0.944. The van der Waals surface area contributed by atoms with Gasteiger partial charge in [0.25, 0.3) is 0 Å². The van der Waals surface area contributed by atoms with Gasteiger partial charge in [0.2, 0.25) is 5.91 Å². The van der Waals surface area contributed by atoms with Gasteiger partial charge in [0, 0.05) is 32.2 Å². The van der Waals surface area contributed by atoms with Crippen LogP contribution in [0.25, 0.3) is 0 Å². The maximum Gasteiger partial charge on any atom is 0.248 e. The highest BCUT2D eigenvalue weighted by atomic mass is 16.5. The van der Waals surface area contributed by atoms with E-state index in [1.165, 1.54) is 12.8 Å². The molecule has 5 nitrogen and oxygen atoms in total. The summed E-state index contributed by atoms with van der Waals surface area (Å²) < 4.78 is 11.6. The lowest BCUT2D eigenvalue weighted by Crippen LogP contribution is -2.51. The van der Waals surface area contributed by atoms with Gasteiger partial charge in [0.05, 0.1) is 18.3 Å². The largest absolute Gasteiger partial charge is 0.373 e. The standard InChI is InChI=1S/C18H32N2O3/c1-14-10-19(11-15(2)23-14)12-16-6-5-9-20(16)18(21)13-22-17-7-3-4-8-17/h14-17H,3-13H2,1-2H3. The van der Waals surface area contributed by atoms with E-state index < -0.39 is 0 Å². The van der Waals surface area contributed by atoms with Crippen LogP contribution >= 0.6 is 0 Å². The van der Waals surface area contributed by atoms with Gasteiger partial charge >= 0.3 is 0 Å². The number of amides is 1. The second-order valence-electron chi connectivity index (χ2n) is 7.58. The van der Waals surface area contributed by atoms with E-state index >= 15 is 0 Å². The van der Waals surface area contributed by atoms with Crippen LogP contribution in [-0.4, -0.2) is 72.8 Å². The van der Waals surface area contributed by atoms with Crippen LogP contribution in [0.5, 0.6) is 0 Å². The Morgan fingerprint density at radius 1 is 1.09 bits per heavy atom. The average Bonchev–Trinajstić information content (AvgIpc) is 3.15. The Kier molecular flexibility index (Phi) is 5.94. The molecular weight excluding hydrogens is 292 g/mol. The third kappa shape index (κ3) is 4.68. The number of hydrogen-bond acceptors (Lipinski definition) is 4. The summed E-state index contributed by atoms with van der Waals surface area (Å²) in [5.74, 6) is 0.189. The number of ether oxygens (including phenoxy) is 2. The highest BCUT2D eigenvalue weighted by Crippen LogP contribution is 2.23. The molecule has 1 aliphatic carbocycles. The Morgan fingerprint density at radius 2 is 1.78 bits per heavy atom. The summed E-state index contributed by atoms with van der Waals surface area (Å²) in [6.45, 7) is 8.37. The quantitative estimate of drug-likeness (QED) is 0.776. The van der Waals surface area contributed by atoms with Crippen molar-refractivity contribution < 1.29 is 14.3 Å². The van der Waals surface area contributed by atoms with Crippen molar-refractivity contribution in [3.05, 3.63) is 0 Å². The molecule has 3 unspecified atom stereocenters. The zero-order valence-electron chi connectivity index (χ0n) is 14.7. The SMILES string of the molecule is CC1CN(CC2CCCN2C(=O)COC2CCCC2)CC(C)O1. The van der Waals surface area contributed by atoms with Crippen molar-refractivity contribution in [1.82, 2.24) is 9.80 Å². The minimum absolute atomic E-state index is 0.189. The van der Waals surface area contributed by atoms with Crippen LogP contribution in [0.3, 0.4) is 0 Å². The second-order valence-corrected chi connectivity index (χ2v) is 7.58. The third-order valence-corrected chi connectivity index (χ3v) is 5.41. The number of nitrogens with zero attached hydrogens (tertiary/aromatic N) is 2. The van der Waals surface area contributed by atoms with Gasteiger partial charge in [-0.25, -0.2) is 0 Å². The van der Waals surface area contributed by atoms with E-state index in [4.69, 9.17) is 9.47 Å². The molecule has 0 aromatic heterocycles. The van der Waals surface area contributed by atoms with Crippen molar-refractivity contribution in [2.24, 2.45) is 0 Å². The Hall–Kier alpha value is -0.650. The van der Waals surface area contributed by atoms with Gasteiger partial charge in [0.1, 0.15) is 6.61 Å². The van der Waals surface area contributed by atoms with Crippen molar-refractivity contribution >= 4 is 5.91 Å². The number of likely N-dealkylation sites (tertiary alicyclic amines) is 1. The molecule has 1 amide bonds. The number of hydrogen-bond donors (Lipinski definition) is 0. The van der Waals surface area contributed by atoms with E-state index in [9.17, 15) is 4.79 Å². The van der Waals surface area contributed by atoms with Crippen LogP contribution < -0.4 is 0 Å². The topological polar surface area (TPSA) is 42.0 Å². The monoisotopic (exact) mass is 324 g/mol. The summed E-state index contributed by atoms with van der Waals surface area (Å²) >= 11 is 0. The van der Waals surface area contributed by atoms with Crippen LogP contribution in [0.15, 0.2) is 0 Å². The van der Waals surface area contributed by atoms with Gasteiger partial charge in [-0.05, 0) is 39.5 Å². The summed E-state index contributed by atoms with van der Waals surface area (Å²) in [6.07, 6.45) is 7.88. The van der Waals surface area contributed by atoms with Crippen LogP contribution in [0.2, 0.25) is 0 Å². The van der Waals surface area contributed by atoms with Gasteiger partial charge in [-0.3, -0.25) is 9.69 Å². The fourth-order valence-electron chi connectivity index (χ4n) is 4.41. The molecule has 5 heteroatoms. The number of rotatable bonds is 5. The predicted molar refractivity (Wildman–Crippen MR) is 89.4 cm³/mol. The first-order valence-corrected chi connectivity index (χ1v) is 9.40. The zero-order valence-corrected chi connectivity index (χ0v) is 14.7. The minimum atomic E-state index is 0.189. The predicted octanol–water partition coefficient (Wildman–Crippen LogP) is 2.05. The average molecular weight is 324 g/mol. The molecule has 0 aromatic rings. The van der Waals surface area contributed by atoms with Gasteiger partial charge in [-0.15, -0.1) is 0 Å². The molecule has 2 saturated heterocycles. The molecule has 132 valence electrons. The maximum atomic E-state index is 12.5. The van der Waals surface area contributed by atoms with E-state index in [0.717, 1.165) is 51.9 Å². The smallest absolute Gasteiger partial charge is 0.248 e. The summed E-state index contributed by atoms with van der Waals surface area (Å²) in [6, 6.07) is 0.354. The normalized spacial score (nSPS) is 33.5. The van der Waals surface area contributed by atoms with Crippen LogP contribution in [-0.2, 0) is 14.3 Å². The Labute approximate surface area is 140 Å². The van der Waals surface area contributed by atoms with Crippen LogP contribution in [0.1, 0.15) is 52.4 Å². The summed E-state index contributed by atoms with van der Waals surface area (Å²) in [5.41, 5.74) is 0. The summed E-state index contributed by atoms with van der Waals surface area (Å²) in [7, 11) is 0. The molecule has 0 N–H and O–H groups in total. The molecule has 2 heterocycles. The molecule has 2 aliphatic heterocycles. The number of carbonyl (C=O) groups is 1. The van der Waals surface area contributed by atoms with Crippen molar-refractivity contribution in [1.29, 1.82) is 0 Å². The first kappa shape index (κ1) is 17.2. The summed E-state index contributed by atoms with van der Waals surface area (Å²) in [4.78, 5) is 17.1. The van der Waals surface area contributed by atoms with Crippen molar-refractivity contribution in [2.45, 2.75) is 76.7 Å². The van der Waals surface area contributed by atoms with Gasteiger partial charge in [0.15, 0.2) is 0 Å². The van der Waals surface area contributed by atoms with E-state index in [0.29, 0.717) is 12.1 Å². The van der Waals surface area contributed by atoms with Crippen molar-refractivity contribution in [2.75, 3.05) is 32.8 Å². The molecular formula is C18H32N2O3. The molecule has 0 bridgehead atoms. The lowest BCUT2D eigenvalue weighted by atomic mass is 10.1. The second kappa shape index (κ2) is 7.95. The van der Waals surface area contributed by atoms with Gasteiger partial charge < -0.3 is 14.4 Å².